The number of aliphatic hydroxyl groups excluding tert-OH is 1. The van der Waals surface area contributed by atoms with E-state index in [4.69, 9.17) is 16.7 Å². The number of amides is 1. The van der Waals surface area contributed by atoms with Crippen LogP contribution in [0.15, 0.2) is 4.52 Å². The molecule has 2 N–H and O–H groups in total. The van der Waals surface area contributed by atoms with Gasteiger partial charge >= 0.3 is 0 Å². The normalized spacial score (nSPS) is 19.2. The monoisotopic (exact) mass is 373 g/mol. The Bertz CT molecular complexity index is 561. The minimum Gasteiger partial charge on any atom is -0.393 e. The summed E-state index contributed by atoms with van der Waals surface area (Å²) in [7, 11) is 0. The number of thioether (sulfide) groups is 1. The van der Waals surface area contributed by atoms with Crippen molar-refractivity contribution in [2.45, 2.75) is 64.0 Å². The molecule has 1 aliphatic rings. The Labute approximate surface area is 152 Å². The third-order valence-corrected chi connectivity index (χ3v) is 5.65. The van der Waals surface area contributed by atoms with Gasteiger partial charge in [-0.3, -0.25) is 9.78 Å². The van der Waals surface area contributed by atoms with Crippen LogP contribution >= 0.6 is 24.0 Å². The molecule has 8 heteroatoms. The summed E-state index contributed by atoms with van der Waals surface area (Å²) in [5.74, 6) is 3.04. The minimum atomic E-state index is -0.235. The van der Waals surface area contributed by atoms with Crippen LogP contribution in [0.2, 0.25) is 0 Å². The summed E-state index contributed by atoms with van der Waals surface area (Å²) >= 11 is 6.70. The number of hydrogen-bond acceptors (Lipinski definition) is 6. The van der Waals surface area contributed by atoms with Gasteiger partial charge in [-0.2, -0.15) is 11.8 Å². The molecule has 0 aromatic carbocycles. The lowest BCUT2D eigenvalue weighted by molar-refractivity contribution is -0.128. The highest BCUT2D eigenvalue weighted by Crippen LogP contribution is 2.24. The lowest BCUT2D eigenvalue weighted by Gasteiger charge is -2.25. The maximum Gasteiger partial charge on any atom is 0.294 e. The van der Waals surface area contributed by atoms with Crippen molar-refractivity contribution in [2.24, 2.45) is 0 Å². The number of H-pyrrole nitrogens is 1. The first-order valence-corrected chi connectivity index (χ1v) is 10.3. The molecule has 0 radical (unpaired) electrons. The quantitative estimate of drug-likeness (QED) is 0.458. The van der Waals surface area contributed by atoms with Crippen molar-refractivity contribution in [1.29, 1.82) is 0 Å². The predicted octanol–water partition coefficient (Wildman–Crippen LogP) is 2.94. The van der Waals surface area contributed by atoms with E-state index in [-0.39, 0.29) is 12.0 Å². The molecular formula is C16H27N3O3S2. The number of nitrogens with one attached hydrogen (secondary N) is 1. The van der Waals surface area contributed by atoms with E-state index in [2.05, 4.69) is 10.1 Å². The van der Waals surface area contributed by atoms with Crippen molar-refractivity contribution in [3.8, 4) is 0 Å². The lowest BCUT2D eigenvalue weighted by atomic mass is 10.0. The summed E-state index contributed by atoms with van der Waals surface area (Å²) in [4.78, 5) is 17.3. The zero-order valence-corrected chi connectivity index (χ0v) is 15.8. The largest absolute Gasteiger partial charge is 0.393 e. The Morgan fingerprint density at radius 2 is 2.38 bits per heavy atom. The molecule has 0 aliphatic carbocycles. The number of aryl methyl sites for hydroxylation is 1. The van der Waals surface area contributed by atoms with Gasteiger partial charge in [-0.05, 0) is 50.1 Å². The van der Waals surface area contributed by atoms with Crippen LogP contribution in [0.1, 0.15) is 51.3 Å². The number of carbonyl (C=O) groups is 1. The van der Waals surface area contributed by atoms with Crippen LogP contribution in [0.3, 0.4) is 0 Å². The molecule has 0 spiro atoms. The van der Waals surface area contributed by atoms with Gasteiger partial charge in [-0.15, -0.1) is 0 Å². The molecule has 6 nitrogen and oxygen atoms in total. The van der Waals surface area contributed by atoms with Crippen molar-refractivity contribution < 1.29 is 14.4 Å². The molecular weight excluding hydrogens is 346 g/mol. The number of carbonyl (C=O) groups excluding carboxylic acids is 1. The average molecular weight is 374 g/mol. The maximum absolute atomic E-state index is 12.0. The Hall–Kier alpha value is -0.860. The second-order valence-electron chi connectivity index (χ2n) is 6.18. The molecule has 1 saturated heterocycles. The first-order valence-electron chi connectivity index (χ1n) is 8.70. The van der Waals surface area contributed by atoms with Crippen molar-refractivity contribution in [3.05, 3.63) is 10.7 Å². The van der Waals surface area contributed by atoms with E-state index >= 15 is 0 Å². The number of aromatic nitrogens is 2. The van der Waals surface area contributed by atoms with Crippen LogP contribution in [-0.4, -0.2) is 56.3 Å². The number of rotatable bonds is 11. The summed E-state index contributed by atoms with van der Waals surface area (Å²) in [5, 5.41) is 13.6. The second kappa shape index (κ2) is 10.2. The first kappa shape index (κ1) is 19.5. The van der Waals surface area contributed by atoms with Crippen LogP contribution in [0.4, 0.5) is 0 Å². The fourth-order valence-electron chi connectivity index (χ4n) is 2.96. The van der Waals surface area contributed by atoms with Crippen LogP contribution in [0, 0.1) is 4.84 Å². The molecule has 1 fully saturated rings. The zero-order valence-electron chi connectivity index (χ0n) is 14.2. The molecule has 0 bridgehead atoms. The van der Waals surface area contributed by atoms with Crippen LogP contribution in [-0.2, 0) is 11.2 Å². The molecule has 1 aliphatic heterocycles. The van der Waals surface area contributed by atoms with Gasteiger partial charge in [0, 0.05) is 31.2 Å². The summed E-state index contributed by atoms with van der Waals surface area (Å²) < 4.78 is 4.82. The van der Waals surface area contributed by atoms with Crippen molar-refractivity contribution in [3.63, 3.8) is 0 Å². The average Bonchev–Trinajstić information content (AvgIpc) is 3.14. The molecule has 2 atom stereocenters. The van der Waals surface area contributed by atoms with Gasteiger partial charge in [0.25, 0.3) is 4.84 Å². The Morgan fingerprint density at radius 1 is 1.54 bits per heavy atom. The molecule has 1 aromatic heterocycles. The van der Waals surface area contributed by atoms with E-state index in [0.717, 1.165) is 62.4 Å². The first-order chi connectivity index (χ1) is 11.6. The van der Waals surface area contributed by atoms with E-state index in [1.165, 1.54) is 0 Å². The van der Waals surface area contributed by atoms with Gasteiger partial charge in [-0.25, -0.2) is 0 Å². The number of aromatic amines is 1. The number of aliphatic hydroxyl groups is 1. The maximum atomic E-state index is 12.0. The van der Waals surface area contributed by atoms with Gasteiger partial charge in [0.2, 0.25) is 5.91 Å². The van der Waals surface area contributed by atoms with E-state index in [9.17, 15) is 9.90 Å². The third-order valence-electron chi connectivity index (χ3n) is 4.42. The molecule has 1 amide bonds. The van der Waals surface area contributed by atoms with E-state index < -0.39 is 0 Å². The molecule has 2 heterocycles. The molecule has 2 rings (SSSR count). The molecule has 0 saturated carbocycles. The zero-order chi connectivity index (χ0) is 17.4. The van der Waals surface area contributed by atoms with Crippen molar-refractivity contribution in [1.82, 2.24) is 15.0 Å². The number of nitrogens with zero attached hydrogens (tertiary/aromatic N) is 2. The van der Waals surface area contributed by atoms with Gasteiger partial charge < -0.3 is 14.5 Å². The predicted molar refractivity (Wildman–Crippen MR) is 97.6 cm³/mol. The van der Waals surface area contributed by atoms with Gasteiger partial charge in [-0.1, -0.05) is 12.1 Å². The molecule has 0 unspecified atom stereocenters. The van der Waals surface area contributed by atoms with Gasteiger partial charge in [0.1, 0.15) is 5.82 Å². The third kappa shape index (κ3) is 6.22. The second-order valence-corrected chi connectivity index (χ2v) is 7.77. The topological polar surface area (TPSA) is 82.4 Å². The van der Waals surface area contributed by atoms with E-state index in [1.807, 2.05) is 23.6 Å². The Morgan fingerprint density at radius 3 is 3.08 bits per heavy atom. The number of hydrogen-bond donors (Lipinski definition) is 2. The van der Waals surface area contributed by atoms with Crippen molar-refractivity contribution >= 4 is 29.9 Å². The summed E-state index contributed by atoms with van der Waals surface area (Å²) in [6.07, 6.45) is 5.67. The Kier molecular flexibility index (Phi) is 8.28. The summed E-state index contributed by atoms with van der Waals surface area (Å²) in [6, 6.07) is 0.314. The Balaban J connectivity index is 1.60. The highest BCUT2D eigenvalue weighted by atomic mass is 32.2. The van der Waals surface area contributed by atoms with Gasteiger partial charge in [0.15, 0.2) is 0 Å². The van der Waals surface area contributed by atoms with Crippen molar-refractivity contribution in [2.75, 3.05) is 18.1 Å². The van der Waals surface area contributed by atoms with Crippen LogP contribution in [0.5, 0.6) is 0 Å². The van der Waals surface area contributed by atoms with Crippen LogP contribution in [0.25, 0.3) is 0 Å². The minimum absolute atomic E-state index is 0.235. The standard InChI is InChI=1S/C16H27N3O3S2/c1-2-13(20)7-5-12-6-8-15(21)19(12)9-11-24-10-3-4-14-17-16(23)22-18-14/h12-13,20H,2-11H2,1H3,(H,17,18,23)/t12-,13-/m0/s1. The lowest BCUT2D eigenvalue weighted by Crippen LogP contribution is -2.35. The molecule has 1 aromatic rings. The smallest absolute Gasteiger partial charge is 0.294 e. The number of likely N-dealkylation sites (tertiary alicyclic amines) is 1. The van der Waals surface area contributed by atoms with E-state index in [0.29, 0.717) is 17.3 Å². The van der Waals surface area contributed by atoms with E-state index in [1.54, 1.807) is 0 Å². The fraction of sp³-hybridized carbons (Fsp3) is 0.812. The summed E-state index contributed by atoms with van der Waals surface area (Å²) in [6.45, 7) is 2.80. The highest BCUT2D eigenvalue weighted by molar-refractivity contribution is 7.99. The highest BCUT2D eigenvalue weighted by Gasteiger charge is 2.30. The molecule has 24 heavy (non-hydrogen) atoms. The summed E-state index contributed by atoms with van der Waals surface area (Å²) in [5.41, 5.74) is 0. The molecule has 136 valence electrons. The fourth-order valence-corrected chi connectivity index (χ4v) is 4.00. The van der Waals surface area contributed by atoms with Crippen LogP contribution < -0.4 is 0 Å². The SMILES string of the molecule is CC[C@H](O)CC[C@H]1CCC(=O)N1CCSCCCc1noc(=S)[nH]1. The van der Waals surface area contributed by atoms with Gasteiger partial charge in [0.05, 0.1) is 6.10 Å².